The van der Waals surface area contributed by atoms with E-state index in [9.17, 15) is 4.79 Å². The van der Waals surface area contributed by atoms with Gasteiger partial charge in [-0.3, -0.25) is 4.79 Å². The van der Waals surface area contributed by atoms with Crippen molar-refractivity contribution in [2.45, 2.75) is 13.5 Å². The summed E-state index contributed by atoms with van der Waals surface area (Å²) < 4.78 is 0. The molecule has 1 N–H and O–H groups in total. The molecule has 3 aromatic carbocycles. The van der Waals surface area contributed by atoms with Gasteiger partial charge in [-0.1, -0.05) is 77.3 Å². The molecule has 0 aliphatic rings. The summed E-state index contributed by atoms with van der Waals surface area (Å²) in [5.74, 6) is -0.164. The molecule has 4 rings (SSSR count). The minimum atomic E-state index is -0.164. The zero-order chi connectivity index (χ0) is 20.4. The molecule has 5 heteroatoms. The number of halogens is 2. The second-order valence-corrected chi connectivity index (χ2v) is 7.68. The van der Waals surface area contributed by atoms with Crippen LogP contribution in [0.15, 0.2) is 72.8 Å². The molecule has 0 saturated carbocycles. The average molecular weight is 421 g/mol. The minimum Gasteiger partial charge on any atom is -0.348 e. The van der Waals surface area contributed by atoms with Crippen LogP contribution in [0.3, 0.4) is 0 Å². The molecule has 0 unspecified atom stereocenters. The van der Waals surface area contributed by atoms with Gasteiger partial charge in [0.05, 0.1) is 26.8 Å². The number of carbonyl (C=O) groups is 1. The van der Waals surface area contributed by atoms with Crippen LogP contribution in [-0.2, 0) is 6.54 Å². The lowest BCUT2D eigenvalue weighted by Crippen LogP contribution is -2.23. The van der Waals surface area contributed by atoms with Gasteiger partial charge < -0.3 is 5.32 Å². The van der Waals surface area contributed by atoms with Crippen molar-refractivity contribution >= 4 is 40.0 Å². The maximum Gasteiger partial charge on any atom is 0.252 e. The maximum absolute atomic E-state index is 13.0. The van der Waals surface area contributed by atoms with Crippen LogP contribution in [0.2, 0.25) is 10.0 Å². The topological polar surface area (TPSA) is 42.0 Å². The lowest BCUT2D eigenvalue weighted by molar-refractivity contribution is 0.0952. The molecule has 0 atom stereocenters. The molecule has 1 heterocycles. The van der Waals surface area contributed by atoms with Gasteiger partial charge in [0.2, 0.25) is 0 Å². The van der Waals surface area contributed by atoms with E-state index in [4.69, 9.17) is 28.2 Å². The van der Waals surface area contributed by atoms with Crippen LogP contribution < -0.4 is 5.32 Å². The Kier molecular flexibility index (Phi) is 5.52. The number of fused-ring (bicyclic) bond motifs is 1. The Morgan fingerprint density at radius 1 is 0.931 bits per heavy atom. The highest BCUT2D eigenvalue weighted by Crippen LogP contribution is 2.26. The first-order valence-corrected chi connectivity index (χ1v) is 9.96. The molecule has 1 aromatic heterocycles. The summed E-state index contributed by atoms with van der Waals surface area (Å²) in [7, 11) is 0. The fourth-order valence-electron chi connectivity index (χ4n) is 3.16. The van der Waals surface area contributed by atoms with Gasteiger partial charge in [0.15, 0.2) is 0 Å². The largest absolute Gasteiger partial charge is 0.348 e. The molecule has 3 nitrogen and oxygen atoms in total. The number of nitrogens with zero attached hydrogens (tertiary/aromatic N) is 1. The molecule has 0 aliphatic carbocycles. The van der Waals surface area contributed by atoms with E-state index in [-0.39, 0.29) is 5.91 Å². The highest BCUT2D eigenvalue weighted by atomic mass is 35.5. The molecule has 0 spiro atoms. The third kappa shape index (κ3) is 4.26. The fraction of sp³-hybridized carbons (Fsp3) is 0.0833. The predicted octanol–water partition coefficient (Wildman–Crippen LogP) is 6.45. The molecular weight excluding hydrogens is 403 g/mol. The van der Waals surface area contributed by atoms with Crippen LogP contribution in [0.25, 0.3) is 22.2 Å². The second-order valence-electron chi connectivity index (χ2n) is 6.87. The van der Waals surface area contributed by atoms with Crippen molar-refractivity contribution in [3.05, 3.63) is 99.5 Å². The zero-order valence-corrected chi connectivity index (χ0v) is 17.3. The van der Waals surface area contributed by atoms with Crippen molar-refractivity contribution in [3.8, 4) is 11.3 Å². The Morgan fingerprint density at radius 2 is 1.69 bits per heavy atom. The van der Waals surface area contributed by atoms with Gasteiger partial charge in [-0.15, -0.1) is 0 Å². The lowest BCUT2D eigenvalue weighted by atomic mass is 10.0. The lowest BCUT2D eigenvalue weighted by Gasteiger charge is -2.11. The van der Waals surface area contributed by atoms with E-state index in [1.165, 1.54) is 5.56 Å². The first-order valence-electron chi connectivity index (χ1n) is 9.20. The van der Waals surface area contributed by atoms with E-state index in [2.05, 4.69) is 5.32 Å². The number of pyridine rings is 1. The van der Waals surface area contributed by atoms with E-state index in [1.807, 2.05) is 67.6 Å². The summed E-state index contributed by atoms with van der Waals surface area (Å²) in [6.45, 7) is 2.39. The number of hydrogen-bond donors (Lipinski definition) is 1. The van der Waals surface area contributed by atoms with Crippen molar-refractivity contribution in [2.24, 2.45) is 0 Å². The zero-order valence-electron chi connectivity index (χ0n) is 15.7. The Balaban J connectivity index is 1.68. The summed E-state index contributed by atoms with van der Waals surface area (Å²) in [6, 6.07) is 22.9. The van der Waals surface area contributed by atoms with Crippen LogP contribution in [0.4, 0.5) is 0 Å². The van der Waals surface area contributed by atoms with E-state index in [1.54, 1.807) is 12.1 Å². The molecule has 29 heavy (non-hydrogen) atoms. The van der Waals surface area contributed by atoms with Gasteiger partial charge in [-0.05, 0) is 36.8 Å². The monoisotopic (exact) mass is 420 g/mol. The van der Waals surface area contributed by atoms with Crippen LogP contribution in [0.1, 0.15) is 21.5 Å². The number of para-hydroxylation sites is 1. The average Bonchev–Trinajstić information content (AvgIpc) is 2.74. The van der Waals surface area contributed by atoms with Gasteiger partial charge in [0.1, 0.15) is 0 Å². The van der Waals surface area contributed by atoms with Crippen LogP contribution in [0, 0.1) is 6.92 Å². The maximum atomic E-state index is 13.0. The standard InChI is InChI=1S/C24H18Cl2N2O/c1-15-6-9-17(10-7-15)23-13-19(18-4-2-3-5-22(18)28-23)24(29)27-14-16-8-11-20(25)21(26)12-16/h2-13H,14H2,1H3,(H,27,29). The summed E-state index contributed by atoms with van der Waals surface area (Å²) in [5, 5.41) is 4.75. The first-order chi connectivity index (χ1) is 14.0. The van der Waals surface area contributed by atoms with E-state index < -0.39 is 0 Å². The number of amides is 1. The van der Waals surface area contributed by atoms with Gasteiger partial charge in [0.25, 0.3) is 5.91 Å². The van der Waals surface area contributed by atoms with Gasteiger partial charge >= 0.3 is 0 Å². The molecule has 0 fully saturated rings. The smallest absolute Gasteiger partial charge is 0.252 e. The fourth-order valence-corrected chi connectivity index (χ4v) is 3.48. The number of carbonyl (C=O) groups excluding carboxylic acids is 1. The summed E-state index contributed by atoms with van der Waals surface area (Å²) >= 11 is 12.0. The number of hydrogen-bond acceptors (Lipinski definition) is 2. The normalized spacial score (nSPS) is 10.9. The second kappa shape index (κ2) is 8.24. The summed E-state index contributed by atoms with van der Waals surface area (Å²) in [4.78, 5) is 17.8. The summed E-state index contributed by atoms with van der Waals surface area (Å²) in [5.41, 5.74) is 5.17. The first kappa shape index (κ1) is 19.4. The summed E-state index contributed by atoms with van der Waals surface area (Å²) in [6.07, 6.45) is 0. The molecule has 1 amide bonds. The van der Waals surface area contributed by atoms with E-state index in [0.29, 0.717) is 22.2 Å². The molecule has 0 saturated heterocycles. The van der Waals surface area contributed by atoms with Crippen molar-refractivity contribution in [1.29, 1.82) is 0 Å². The Morgan fingerprint density at radius 3 is 2.45 bits per heavy atom. The highest BCUT2D eigenvalue weighted by Gasteiger charge is 2.14. The number of nitrogens with one attached hydrogen (secondary N) is 1. The number of aromatic nitrogens is 1. The molecule has 0 radical (unpaired) electrons. The van der Waals surface area contributed by atoms with E-state index >= 15 is 0 Å². The van der Waals surface area contributed by atoms with Crippen molar-refractivity contribution < 1.29 is 4.79 Å². The predicted molar refractivity (Wildman–Crippen MR) is 120 cm³/mol. The highest BCUT2D eigenvalue weighted by molar-refractivity contribution is 6.42. The van der Waals surface area contributed by atoms with E-state index in [0.717, 1.165) is 27.7 Å². The molecule has 4 aromatic rings. The molecule has 144 valence electrons. The minimum absolute atomic E-state index is 0.164. The third-order valence-corrected chi connectivity index (χ3v) is 5.48. The van der Waals surface area contributed by atoms with Crippen molar-refractivity contribution in [1.82, 2.24) is 10.3 Å². The molecular formula is C24H18Cl2N2O. The van der Waals surface area contributed by atoms with Crippen LogP contribution in [-0.4, -0.2) is 10.9 Å². The SMILES string of the molecule is Cc1ccc(-c2cc(C(=O)NCc3ccc(Cl)c(Cl)c3)c3ccccc3n2)cc1. The van der Waals surface area contributed by atoms with Crippen LogP contribution in [0.5, 0.6) is 0 Å². The quantitative estimate of drug-likeness (QED) is 0.412. The number of rotatable bonds is 4. The number of benzene rings is 3. The Hall–Kier alpha value is -2.88. The third-order valence-electron chi connectivity index (χ3n) is 4.75. The Labute approximate surface area is 179 Å². The Bertz CT molecular complexity index is 1200. The van der Waals surface area contributed by atoms with Crippen molar-refractivity contribution in [2.75, 3.05) is 0 Å². The van der Waals surface area contributed by atoms with Crippen LogP contribution >= 0.6 is 23.2 Å². The van der Waals surface area contributed by atoms with Crippen molar-refractivity contribution in [3.63, 3.8) is 0 Å². The molecule has 0 bridgehead atoms. The molecule has 0 aliphatic heterocycles. The van der Waals surface area contributed by atoms with Gasteiger partial charge in [0, 0.05) is 17.5 Å². The van der Waals surface area contributed by atoms with Gasteiger partial charge in [-0.25, -0.2) is 4.98 Å². The van der Waals surface area contributed by atoms with Gasteiger partial charge in [-0.2, -0.15) is 0 Å². The number of aryl methyl sites for hydroxylation is 1.